The first-order valence-electron chi connectivity index (χ1n) is 10.1. The van der Waals surface area contributed by atoms with Crippen molar-refractivity contribution in [2.45, 2.75) is 37.8 Å². The Balaban J connectivity index is 1.61. The summed E-state index contributed by atoms with van der Waals surface area (Å²) >= 11 is 0. The number of fused-ring (bicyclic) bond motifs is 1. The summed E-state index contributed by atoms with van der Waals surface area (Å²) in [4.78, 5) is 25.9. The number of cyclic esters (lactones) is 1. The molecule has 1 fully saturated rings. The summed E-state index contributed by atoms with van der Waals surface area (Å²) in [6.07, 6.45) is -11.2. The van der Waals surface area contributed by atoms with Crippen molar-refractivity contribution in [1.29, 1.82) is 0 Å². The highest BCUT2D eigenvalue weighted by Crippen LogP contribution is 2.37. The van der Waals surface area contributed by atoms with Crippen molar-refractivity contribution in [3.05, 3.63) is 82.9 Å². The molecule has 2 amide bonds. The topological polar surface area (TPSA) is 46.6 Å². The summed E-state index contributed by atoms with van der Waals surface area (Å²) in [5.74, 6) is -0.850. The zero-order chi connectivity index (χ0) is 24.9. The van der Waals surface area contributed by atoms with Crippen molar-refractivity contribution < 1.29 is 40.7 Å². The van der Waals surface area contributed by atoms with E-state index >= 15 is 0 Å². The molecule has 1 aliphatic rings. The van der Waals surface area contributed by atoms with Crippen LogP contribution in [0.3, 0.4) is 0 Å². The fraction of sp³-hybridized carbons (Fsp3) is 0.250. The number of nitrogens with zero attached hydrogens (tertiary/aromatic N) is 1. The first kappa shape index (κ1) is 23.6. The van der Waals surface area contributed by atoms with E-state index in [2.05, 4.69) is 0 Å². The van der Waals surface area contributed by atoms with Crippen molar-refractivity contribution in [1.82, 2.24) is 4.90 Å². The van der Waals surface area contributed by atoms with Crippen LogP contribution in [0.5, 0.6) is 0 Å². The molecule has 10 heteroatoms. The number of rotatable bonds is 4. The SMILES string of the molecule is CC1(Cc2ccc3ccccc3c2)OC(=O)N(Cc2cc(C(F)(F)F)cc(C(F)(F)F)c2)C1=O. The number of imide groups is 1. The number of hydrogen-bond acceptors (Lipinski definition) is 3. The number of ether oxygens (including phenoxy) is 1. The van der Waals surface area contributed by atoms with Crippen LogP contribution in [-0.2, 0) is 34.8 Å². The molecule has 0 N–H and O–H groups in total. The second-order valence-electron chi connectivity index (χ2n) is 8.26. The molecule has 0 radical (unpaired) electrons. The molecular weight excluding hydrogens is 464 g/mol. The van der Waals surface area contributed by atoms with Gasteiger partial charge in [-0.2, -0.15) is 26.3 Å². The molecule has 0 aliphatic carbocycles. The molecule has 1 heterocycles. The monoisotopic (exact) mass is 481 g/mol. The minimum absolute atomic E-state index is 0.0164. The largest absolute Gasteiger partial charge is 0.432 e. The maximum atomic E-state index is 13.1. The van der Waals surface area contributed by atoms with Crippen molar-refractivity contribution in [2.24, 2.45) is 0 Å². The second kappa shape index (κ2) is 8.03. The van der Waals surface area contributed by atoms with Gasteiger partial charge in [0.1, 0.15) is 0 Å². The number of hydrogen-bond donors (Lipinski definition) is 0. The van der Waals surface area contributed by atoms with Gasteiger partial charge in [0.2, 0.25) is 0 Å². The highest BCUT2D eigenvalue weighted by Gasteiger charge is 2.50. The average Bonchev–Trinajstić information content (AvgIpc) is 2.95. The van der Waals surface area contributed by atoms with Gasteiger partial charge in [-0.3, -0.25) is 4.79 Å². The smallest absolute Gasteiger partial charge is 0.418 e. The van der Waals surface area contributed by atoms with Gasteiger partial charge in [0.15, 0.2) is 5.60 Å². The van der Waals surface area contributed by atoms with Crippen LogP contribution in [0.2, 0.25) is 0 Å². The summed E-state index contributed by atoms with van der Waals surface area (Å²) < 4.78 is 84.1. The molecule has 1 unspecified atom stereocenters. The lowest BCUT2D eigenvalue weighted by atomic mass is 9.94. The van der Waals surface area contributed by atoms with Crippen molar-refractivity contribution in [3.8, 4) is 0 Å². The van der Waals surface area contributed by atoms with E-state index < -0.39 is 53.2 Å². The Morgan fingerprint density at radius 1 is 0.794 bits per heavy atom. The number of amides is 2. The summed E-state index contributed by atoms with van der Waals surface area (Å²) in [6, 6.07) is 13.8. The summed E-state index contributed by atoms with van der Waals surface area (Å²) in [6.45, 7) is 0.563. The van der Waals surface area contributed by atoms with Crippen LogP contribution in [0.1, 0.15) is 29.2 Å². The molecule has 0 spiro atoms. The zero-order valence-electron chi connectivity index (χ0n) is 17.6. The van der Waals surface area contributed by atoms with Gasteiger partial charge in [-0.1, -0.05) is 42.5 Å². The van der Waals surface area contributed by atoms with Gasteiger partial charge < -0.3 is 4.74 Å². The highest BCUT2D eigenvalue weighted by molar-refractivity contribution is 6.02. The van der Waals surface area contributed by atoms with Crippen molar-refractivity contribution in [2.75, 3.05) is 0 Å². The van der Waals surface area contributed by atoms with Crippen LogP contribution in [0, 0.1) is 0 Å². The van der Waals surface area contributed by atoms with E-state index in [0.29, 0.717) is 22.6 Å². The van der Waals surface area contributed by atoms with Crippen molar-refractivity contribution >= 4 is 22.8 Å². The van der Waals surface area contributed by atoms with Gasteiger partial charge in [-0.05, 0) is 47.0 Å². The molecule has 4 nitrogen and oxygen atoms in total. The van der Waals surface area contributed by atoms with Gasteiger partial charge in [0.05, 0.1) is 17.7 Å². The summed E-state index contributed by atoms with van der Waals surface area (Å²) in [5.41, 5.74) is -4.55. The molecule has 178 valence electrons. The average molecular weight is 481 g/mol. The maximum Gasteiger partial charge on any atom is 0.418 e. The van der Waals surface area contributed by atoms with Crippen LogP contribution in [0.25, 0.3) is 10.8 Å². The van der Waals surface area contributed by atoms with Crippen molar-refractivity contribution in [3.63, 3.8) is 0 Å². The Labute approximate surface area is 189 Å². The third kappa shape index (κ3) is 4.57. The minimum atomic E-state index is -5.05. The number of carbonyl (C=O) groups is 2. The van der Waals surface area contributed by atoms with Gasteiger partial charge in [0, 0.05) is 6.42 Å². The Hall–Kier alpha value is -3.56. The lowest BCUT2D eigenvalue weighted by Crippen LogP contribution is -2.40. The van der Waals surface area contributed by atoms with Gasteiger partial charge in [-0.25, -0.2) is 9.69 Å². The fourth-order valence-electron chi connectivity index (χ4n) is 3.94. The Morgan fingerprint density at radius 2 is 1.38 bits per heavy atom. The molecule has 0 saturated carbocycles. The van der Waals surface area contributed by atoms with Crippen LogP contribution in [0.4, 0.5) is 31.1 Å². The molecular formula is C24H17F6NO3. The Bertz CT molecular complexity index is 1250. The molecule has 1 aliphatic heterocycles. The second-order valence-corrected chi connectivity index (χ2v) is 8.26. The lowest BCUT2D eigenvalue weighted by Gasteiger charge is -2.20. The molecule has 0 aromatic heterocycles. The van der Waals surface area contributed by atoms with E-state index in [1.54, 1.807) is 6.07 Å². The predicted octanol–water partition coefficient (Wildman–Crippen LogP) is 6.36. The molecule has 34 heavy (non-hydrogen) atoms. The molecule has 3 aromatic carbocycles. The van der Waals surface area contributed by atoms with E-state index in [4.69, 9.17) is 4.74 Å². The fourth-order valence-corrected chi connectivity index (χ4v) is 3.94. The Kier molecular flexibility index (Phi) is 5.58. The number of carbonyl (C=O) groups excluding carboxylic acids is 2. The highest BCUT2D eigenvalue weighted by atomic mass is 19.4. The predicted molar refractivity (Wildman–Crippen MR) is 110 cm³/mol. The van der Waals surface area contributed by atoms with Crippen LogP contribution in [0.15, 0.2) is 60.7 Å². The number of benzene rings is 3. The Morgan fingerprint density at radius 3 is 1.97 bits per heavy atom. The van der Waals surface area contributed by atoms with Crippen LogP contribution < -0.4 is 0 Å². The first-order valence-corrected chi connectivity index (χ1v) is 10.1. The van der Waals surface area contributed by atoms with E-state index in [-0.39, 0.29) is 12.5 Å². The lowest BCUT2D eigenvalue weighted by molar-refractivity contribution is -0.143. The van der Waals surface area contributed by atoms with Gasteiger partial charge in [-0.15, -0.1) is 0 Å². The summed E-state index contributed by atoms with van der Waals surface area (Å²) in [7, 11) is 0. The molecule has 0 bridgehead atoms. The van der Waals surface area contributed by atoms with Gasteiger partial charge in [0.25, 0.3) is 5.91 Å². The van der Waals surface area contributed by atoms with Crippen LogP contribution in [-0.4, -0.2) is 22.5 Å². The third-order valence-corrected chi connectivity index (χ3v) is 5.57. The first-order chi connectivity index (χ1) is 15.8. The zero-order valence-corrected chi connectivity index (χ0v) is 17.6. The van der Waals surface area contributed by atoms with E-state index in [0.717, 1.165) is 10.8 Å². The molecule has 3 aromatic rings. The van der Waals surface area contributed by atoms with E-state index in [1.165, 1.54) is 6.92 Å². The normalized spacial score (nSPS) is 19.1. The molecule has 1 atom stereocenters. The van der Waals surface area contributed by atoms with Crippen LogP contribution >= 0.6 is 0 Å². The third-order valence-electron chi connectivity index (χ3n) is 5.57. The summed E-state index contributed by atoms with van der Waals surface area (Å²) in [5, 5.41) is 1.85. The number of alkyl halides is 6. The van der Waals surface area contributed by atoms with E-state index in [1.807, 2.05) is 36.4 Å². The minimum Gasteiger partial charge on any atom is -0.432 e. The van der Waals surface area contributed by atoms with E-state index in [9.17, 15) is 35.9 Å². The maximum absolute atomic E-state index is 13.1. The molecule has 4 rings (SSSR count). The quantitative estimate of drug-likeness (QED) is 0.408. The molecule has 1 saturated heterocycles. The number of halogens is 6. The van der Waals surface area contributed by atoms with Gasteiger partial charge >= 0.3 is 18.4 Å². The standard InChI is InChI=1S/C24H17F6NO3/c1-22(12-14-6-7-16-4-2-3-5-17(16)8-14)20(32)31(21(33)34-22)13-15-9-18(23(25,26)27)11-19(10-15)24(28,29)30/h2-11H,12-13H2,1H3.